The largest absolute Gasteiger partial charge is 0.491 e. The van der Waals surface area contributed by atoms with Crippen molar-refractivity contribution in [3.05, 3.63) is 53.6 Å². The topological polar surface area (TPSA) is 65.0 Å². The molecule has 0 saturated heterocycles. The lowest BCUT2D eigenvalue weighted by Gasteiger charge is -2.19. The molecule has 0 amide bonds. The number of alkyl halides is 3. The van der Waals surface area contributed by atoms with Crippen molar-refractivity contribution in [1.82, 2.24) is 0 Å². The first-order chi connectivity index (χ1) is 14.2. The van der Waals surface area contributed by atoms with Crippen LogP contribution in [-0.4, -0.2) is 42.8 Å². The Bertz CT molecular complexity index is 824. The molecule has 5 nitrogen and oxygen atoms in total. The van der Waals surface area contributed by atoms with Crippen molar-refractivity contribution in [2.24, 2.45) is 0 Å². The van der Waals surface area contributed by atoms with Gasteiger partial charge in [-0.05, 0) is 50.2 Å². The third-order valence-electron chi connectivity index (χ3n) is 4.03. The molecule has 1 N–H and O–H groups in total. The molecule has 0 aromatic heterocycles. The van der Waals surface area contributed by atoms with E-state index in [1.165, 1.54) is 23.9 Å². The number of carbonyl (C=O) groups is 1. The fraction of sp³-hybridized carbons (Fsp3) is 0.381. The van der Waals surface area contributed by atoms with Gasteiger partial charge in [-0.2, -0.15) is 13.2 Å². The highest BCUT2D eigenvalue weighted by Gasteiger charge is 2.30. The molecule has 0 aliphatic rings. The second kappa shape index (κ2) is 11.1. The van der Waals surface area contributed by atoms with Gasteiger partial charge in [0.25, 0.3) is 0 Å². The molecule has 0 aliphatic carbocycles. The Labute approximate surface area is 177 Å². The van der Waals surface area contributed by atoms with Crippen molar-refractivity contribution in [3.63, 3.8) is 0 Å². The van der Waals surface area contributed by atoms with Gasteiger partial charge in [0, 0.05) is 22.8 Å². The quantitative estimate of drug-likeness (QED) is 0.489. The van der Waals surface area contributed by atoms with Crippen molar-refractivity contribution < 1.29 is 37.3 Å². The number of aliphatic carboxylic acids is 1. The molecule has 0 fully saturated rings. The van der Waals surface area contributed by atoms with Gasteiger partial charge in [0.2, 0.25) is 0 Å². The minimum Gasteiger partial charge on any atom is -0.491 e. The fourth-order valence-electron chi connectivity index (χ4n) is 2.54. The molecule has 164 valence electrons. The molecule has 9 heteroatoms. The smallest absolute Gasteiger partial charge is 0.416 e. The van der Waals surface area contributed by atoms with Crippen LogP contribution < -0.4 is 9.47 Å². The van der Waals surface area contributed by atoms with Crippen LogP contribution in [0.15, 0.2) is 47.4 Å². The summed E-state index contributed by atoms with van der Waals surface area (Å²) in [7, 11) is 0. The third kappa shape index (κ3) is 7.46. The van der Waals surface area contributed by atoms with E-state index in [0.29, 0.717) is 23.9 Å². The van der Waals surface area contributed by atoms with E-state index < -0.39 is 24.3 Å². The van der Waals surface area contributed by atoms with Crippen LogP contribution in [-0.2, 0) is 15.7 Å². The summed E-state index contributed by atoms with van der Waals surface area (Å²) >= 11 is 1.50. The summed E-state index contributed by atoms with van der Waals surface area (Å²) in [4.78, 5) is 11.6. The third-order valence-corrected chi connectivity index (χ3v) is 5.32. The van der Waals surface area contributed by atoms with Gasteiger partial charge in [-0.1, -0.05) is 6.07 Å². The molecule has 0 saturated carbocycles. The number of hydrogen-bond donors (Lipinski definition) is 1. The van der Waals surface area contributed by atoms with Crippen LogP contribution in [0.1, 0.15) is 18.1 Å². The summed E-state index contributed by atoms with van der Waals surface area (Å²) in [6, 6.07) is 9.90. The van der Waals surface area contributed by atoms with E-state index >= 15 is 0 Å². The maximum Gasteiger partial charge on any atom is 0.416 e. The second-order valence-electron chi connectivity index (χ2n) is 6.28. The van der Waals surface area contributed by atoms with Crippen LogP contribution in [0.3, 0.4) is 0 Å². The molecule has 2 aromatic carbocycles. The standard InChI is InChI=1S/C21H23F3O5S/c1-3-27-17(11-28-16-9-7-15(8-10-16)21(22,23)24)13-30-19-6-4-5-18(14(19)2)29-12-20(25)26/h4-10,17H,3,11-13H2,1-2H3,(H,25,26). The van der Waals surface area contributed by atoms with Gasteiger partial charge < -0.3 is 19.3 Å². The lowest BCUT2D eigenvalue weighted by Crippen LogP contribution is -2.24. The van der Waals surface area contributed by atoms with Crippen LogP contribution in [0.2, 0.25) is 0 Å². The van der Waals surface area contributed by atoms with E-state index in [-0.39, 0.29) is 12.7 Å². The zero-order chi connectivity index (χ0) is 22.1. The molecule has 0 heterocycles. The Hall–Kier alpha value is -2.39. The molecule has 1 unspecified atom stereocenters. The molecule has 30 heavy (non-hydrogen) atoms. The van der Waals surface area contributed by atoms with Crippen LogP contribution in [0, 0.1) is 6.92 Å². The van der Waals surface area contributed by atoms with Crippen LogP contribution in [0.5, 0.6) is 11.5 Å². The average molecular weight is 444 g/mol. The highest BCUT2D eigenvalue weighted by Crippen LogP contribution is 2.31. The number of thioether (sulfide) groups is 1. The summed E-state index contributed by atoms with van der Waals surface area (Å²) in [6.07, 6.45) is -4.67. The molecule has 2 aromatic rings. The van der Waals surface area contributed by atoms with Crippen LogP contribution >= 0.6 is 11.8 Å². The first kappa shape index (κ1) is 23.9. The summed E-state index contributed by atoms with van der Waals surface area (Å²) < 4.78 is 54.5. The fourth-order valence-corrected chi connectivity index (χ4v) is 3.59. The van der Waals surface area contributed by atoms with E-state index in [0.717, 1.165) is 22.6 Å². The zero-order valence-corrected chi connectivity index (χ0v) is 17.4. The Morgan fingerprint density at radius 3 is 2.43 bits per heavy atom. The highest BCUT2D eigenvalue weighted by molar-refractivity contribution is 7.99. The Morgan fingerprint density at radius 1 is 1.13 bits per heavy atom. The molecular formula is C21H23F3O5S. The van der Waals surface area contributed by atoms with Crippen molar-refractivity contribution in [2.75, 3.05) is 25.6 Å². The summed E-state index contributed by atoms with van der Waals surface area (Å²) in [5.74, 6) is 0.316. The van der Waals surface area contributed by atoms with Gasteiger partial charge in [-0.3, -0.25) is 0 Å². The summed E-state index contributed by atoms with van der Waals surface area (Å²) in [6.45, 7) is 3.91. The highest BCUT2D eigenvalue weighted by atomic mass is 32.2. The van der Waals surface area contributed by atoms with Gasteiger partial charge in [0.1, 0.15) is 24.2 Å². The average Bonchev–Trinajstić information content (AvgIpc) is 2.69. The van der Waals surface area contributed by atoms with E-state index in [1.54, 1.807) is 12.1 Å². The first-order valence-corrected chi connectivity index (χ1v) is 10.2. The monoisotopic (exact) mass is 444 g/mol. The Kier molecular flexibility index (Phi) is 8.86. The summed E-state index contributed by atoms with van der Waals surface area (Å²) in [5.41, 5.74) is 0.0925. The molecule has 0 bridgehead atoms. The number of ether oxygens (including phenoxy) is 3. The van der Waals surface area contributed by atoms with Gasteiger partial charge in [0.05, 0.1) is 5.56 Å². The van der Waals surface area contributed by atoms with Crippen molar-refractivity contribution in [1.29, 1.82) is 0 Å². The minimum atomic E-state index is -4.39. The maximum absolute atomic E-state index is 12.6. The van der Waals surface area contributed by atoms with Crippen molar-refractivity contribution >= 4 is 17.7 Å². The lowest BCUT2D eigenvalue weighted by molar-refractivity contribution is -0.139. The molecular weight excluding hydrogens is 421 g/mol. The number of carboxylic acid groups (broad SMARTS) is 1. The second-order valence-corrected chi connectivity index (χ2v) is 7.35. The van der Waals surface area contributed by atoms with Crippen molar-refractivity contribution in [3.8, 4) is 11.5 Å². The van der Waals surface area contributed by atoms with E-state index in [2.05, 4.69) is 0 Å². The molecule has 1 atom stereocenters. The Balaban J connectivity index is 1.94. The molecule has 0 radical (unpaired) electrons. The van der Waals surface area contributed by atoms with Crippen LogP contribution in [0.25, 0.3) is 0 Å². The Morgan fingerprint density at radius 2 is 1.83 bits per heavy atom. The predicted molar refractivity (Wildman–Crippen MR) is 107 cm³/mol. The zero-order valence-electron chi connectivity index (χ0n) is 16.6. The van der Waals surface area contributed by atoms with Gasteiger partial charge in [-0.15, -0.1) is 11.8 Å². The van der Waals surface area contributed by atoms with E-state index in [9.17, 15) is 18.0 Å². The molecule has 0 spiro atoms. The van der Waals surface area contributed by atoms with E-state index in [4.69, 9.17) is 19.3 Å². The maximum atomic E-state index is 12.6. The summed E-state index contributed by atoms with van der Waals surface area (Å²) in [5, 5.41) is 8.76. The minimum absolute atomic E-state index is 0.181. The predicted octanol–water partition coefficient (Wildman–Crippen LogP) is 5.05. The lowest BCUT2D eigenvalue weighted by atomic mass is 10.2. The number of carboxylic acids is 1. The number of rotatable bonds is 11. The number of halogens is 3. The van der Waals surface area contributed by atoms with Gasteiger partial charge >= 0.3 is 12.1 Å². The number of hydrogen-bond acceptors (Lipinski definition) is 5. The molecule has 2 rings (SSSR count). The van der Waals surface area contributed by atoms with E-state index in [1.807, 2.05) is 19.9 Å². The normalized spacial score (nSPS) is 12.4. The van der Waals surface area contributed by atoms with Crippen molar-refractivity contribution in [2.45, 2.75) is 31.0 Å². The van der Waals surface area contributed by atoms with Gasteiger partial charge in [0.15, 0.2) is 6.61 Å². The first-order valence-electron chi connectivity index (χ1n) is 9.19. The number of benzene rings is 2. The SMILES string of the molecule is CCOC(COc1ccc(C(F)(F)F)cc1)CSc1cccc(OCC(=O)O)c1C. The molecule has 0 aliphatic heterocycles. The van der Waals surface area contributed by atoms with Crippen LogP contribution in [0.4, 0.5) is 13.2 Å². The van der Waals surface area contributed by atoms with Gasteiger partial charge in [-0.25, -0.2) is 4.79 Å².